The van der Waals surface area contributed by atoms with Crippen molar-refractivity contribution < 1.29 is 9.72 Å². The van der Waals surface area contributed by atoms with Gasteiger partial charge in [0, 0.05) is 18.2 Å². The van der Waals surface area contributed by atoms with Crippen LogP contribution in [0.3, 0.4) is 0 Å². The van der Waals surface area contributed by atoms with Gasteiger partial charge >= 0.3 is 0 Å². The van der Waals surface area contributed by atoms with E-state index in [2.05, 4.69) is 5.32 Å². The lowest BCUT2D eigenvalue weighted by molar-refractivity contribution is -0.384. The molecule has 108 valence electrons. The quantitative estimate of drug-likeness (QED) is 0.694. The largest absolute Gasteiger partial charge is 0.348 e. The molecule has 0 aliphatic rings. The molecule has 0 atom stereocenters. The molecule has 0 unspecified atom stereocenters. The van der Waals surface area contributed by atoms with Crippen LogP contribution in [-0.2, 0) is 6.54 Å². The molecule has 6 heteroatoms. The fraction of sp³-hybridized carbons (Fsp3) is 0.133. The molecule has 0 radical (unpaired) electrons. The average Bonchev–Trinajstić information content (AvgIpc) is 2.45. The summed E-state index contributed by atoms with van der Waals surface area (Å²) in [6.07, 6.45) is 0. The number of aryl methyl sites for hydroxylation is 1. The molecule has 1 amide bonds. The summed E-state index contributed by atoms with van der Waals surface area (Å²) in [5.41, 5.74) is 2.19. The van der Waals surface area contributed by atoms with Crippen LogP contribution in [0.25, 0.3) is 0 Å². The molecule has 0 aliphatic carbocycles. The van der Waals surface area contributed by atoms with E-state index in [0.29, 0.717) is 6.54 Å². The molecule has 0 aliphatic heterocycles. The number of nitro groups is 1. The van der Waals surface area contributed by atoms with Gasteiger partial charge in [0.15, 0.2) is 0 Å². The third-order valence-electron chi connectivity index (χ3n) is 2.98. The third kappa shape index (κ3) is 3.79. The molecule has 0 bridgehead atoms. The highest BCUT2D eigenvalue weighted by Crippen LogP contribution is 2.24. The van der Waals surface area contributed by atoms with E-state index in [0.717, 1.165) is 11.1 Å². The second kappa shape index (κ2) is 6.37. The van der Waals surface area contributed by atoms with Crippen LogP contribution in [0.2, 0.25) is 5.02 Å². The second-order valence-corrected chi connectivity index (χ2v) is 5.00. The predicted octanol–water partition coefficient (Wildman–Crippen LogP) is 3.49. The SMILES string of the molecule is Cc1ccc(CNC(=O)c2ccc([N+](=O)[O-])c(Cl)c2)cc1. The number of carbonyl (C=O) groups excluding carboxylic acids is 1. The van der Waals surface area contributed by atoms with Crippen molar-refractivity contribution in [3.05, 3.63) is 74.3 Å². The van der Waals surface area contributed by atoms with Gasteiger partial charge < -0.3 is 5.32 Å². The highest BCUT2D eigenvalue weighted by atomic mass is 35.5. The minimum absolute atomic E-state index is 0.0528. The van der Waals surface area contributed by atoms with Gasteiger partial charge in [0.05, 0.1) is 4.92 Å². The Morgan fingerprint density at radius 1 is 1.24 bits per heavy atom. The van der Waals surface area contributed by atoms with Gasteiger partial charge in [-0.05, 0) is 24.6 Å². The van der Waals surface area contributed by atoms with Crippen LogP contribution in [0.15, 0.2) is 42.5 Å². The van der Waals surface area contributed by atoms with Crippen LogP contribution in [-0.4, -0.2) is 10.8 Å². The fourth-order valence-electron chi connectivity index (χ4n) is 1.79. The zero-order valence-electron chi connectivity index (χ0n) is 11.3. The van der Waals surface area contributed by atoms with E-state index in [9.17, 15) is 14.9 Å². The number of nitro benzene ring substituents is 1. The van der Waals surface area contributed by atoms with E-state index in [4.69, 9.17) is 11.6 Å². The average molecular weight is 305 g/mol. The Bertz CT molecular complexity index is 684. The van der Waals surface area contributed by atoms with E-state index in [-0.39, 0.29) is 22.2 Å². The molecule has 0 spiro atoms. The molecule has 2 aromatic carbocycles. The van der Waals surface area contributed by atoms with Crippen LogP contribution in [0.4, 0.5) is 5.69 Å². The van der Waals surface area contributed by atoms with E-state index >= 15 is 0 Å². The number of hydrogen-bond acceptors (Lipinski definition) is 3. The Hall–Kier alpha value is -2.40. The normalized spacial score (nSPS) is 10.2. The van der Waals surface area contributed by atoms with E-state index in [1.807, 2.05) is 31.2 Å². The summed E-state index contributed by atoms with van der Waals surface area (Å²) in [6.45, 7) is 2.37. The lowest BCUT2D eigenvalue weighted by Crippen LogP contribution is -2.22. The molecular weight excluding hydrogens is 292 g/mol. The number of nitrogens with one attached hydrogen (secondary N) is 1. The molecular formula is C15H13ClN2O3. The summed E-state index contributed by atoms with van der Waals surface area (Å²) in [5.74, 6) is -0.327. The summed E-state index contributed by atoms with van der Waals surface area (Å²) in [7, 11) is 0. The number of benzene rings is 2. The Morgan fingerprint density at radius 3 is 2.48 bits per heavy atom. The van der Waals surface area contributed by atoms with Crippen LogP contribution < -0.4 is 5.32 Å². The molecule has 0 saturated heterocycles. The topological polar surface area (TPSA) is 72.2 Å². The summed E-state index contributed by atoms with van der Waals surface area (Å²) in [6, 6.07) is 11.7. The van der Waals surface area contributed by atoms with Crippen molar-refractivity contribution >= 4 is 23.2 Å². The zero-order chi connectivity index (χ0) is 15.4. The second-order valence-electron chi connectivity index (χ2n) is 4.59. The van der Waals surface area contributed by atoms with Gasteiger partial charge in [-0.15, -0.1) is 0 Å². The Balaban J connectivity index is 2.05. The van der Waals surface area contributed by atoms with Gasteiger partial charge in [-0.2, -0.15) is 0 Å². The molecule has 2 rings (SSSR count). The van der Waals surface area contributed by atoms with Crippen molar-refractivity contribution in [3.8, 4) is 0 Å². The highest BCUT2D eigenvalue weighted by molar-refractivity contribution is 6.33. The first kappa shape index (κ1) is 15.0. The van der Waals surface area contributed by atoms with Crippen molar-refractivity contribution in [2.75, 3.05) is 0 Å². The fourth-order valence-corrected chi connectivity index (χ4v) is 2.04. The van der Waals surface area contributed by atoms with Crippen LogP contribution >= 0.6 is 11.6 Å². The van der Waals surface area contributed by atoms with Crippen molar-refractivity contribution in [1.29, 1.82) is 0 Å². The Labute approximate surface area is 126 Å². The Kier molecular flexibility index (Phi) is 4.55. The summed E-state index contributed by atoms with van der Waals surface area (Å²) >= 11 is 5.78. The summed E-state index contributed by atoms with van der Waals surface area (Å²) < 4.78 is 0. The number of amides is 1. The number of carbonyl (C=O) groups is 1. The highest BCUT2D eigenvalue weighted by Gasteiger charge is 2.15. The van der Waals surface area contributed by atoms with Crippen LogP contribution in [0, 0.1) is 17.0 Å². The lowest BCUT2D eigenvalue weighted by atomic mass is 10.1. The molecule has 0 heterocycles. The van der Waals surface area contributed by atoms with Crippen molar-refractivity contribution in [2.45, 2.75) is 13.5 Å². The zero-order valence-corrected chi connectivity index (χ0v) is 12.1. The monoisotopic (exact) mass is 304 g/mol. The van der Waals surface area contributed by atoms with Gasteiger partial charge in [-0.1, -0.05) is 41.4 Å². The molecule has 2 aromatic rings. The molecule has 0 aromatic heterocycles. The lowest BCUT2D eigenvalue weighted by Gasteiger charge is -2.06. The van der Waals surface area contributed by atoms with Gasteiger partial charge in [-0.3, -0.25) is 14.9 Å². The molecule has 0 saturated carbocycles. The first-order valence-electron chi connectivity index (χ1n) is 6.25. The van der Waals surface area contributed by atoms with Crippen molar-refractivity contribution in [2.24, 2.45) is 0 Å². The number of hydrogen-bond donors (Lipinski definition) is 1. The Morgan fingerprint density at radius 2 is 1.90 bits per heavy atom. The molecule has 0 fully saturated rings. The first-order chi connectivity index (χ1) is 9.97. The summed E-state index contributed by atoms with van der Waals surface area (Å²) in [5, 5.41) is 13.4. The molecule has 1 N–H and O–H groups in total. The van der Waals surface area contributed by atoms with Crippen molar-refractivity contribution in [1.82, 2.24) is 5.32 Å². The maximum atomic E-state index is 12.0. The van der Waals surface area contributed by atoms with E-state index in [1.54, 1.807) is 0 Å². The third-order valence-corrected chi connectivity index (χ3v) is 3.28. The maximum absolute atomic E-state index is 12.0. The first-order valence-corrected chi connectivity index (χ1v) is 6.63. The maximum Gasteiger partial charge on any atom is 0.287 e. The summed E-state index contributed by atoms with van der Waals surface area (Å²) in [4.78, 5) is 22.1. The number of rotatable bonds is 4. The smallest absolute Gasteiger partial charge is 0.287 e. The van der Waals surface area contributed by atoms with E-state index < -0.39 is 4.92 Å². The van der Waals surface area contributed by atoms with Crippen molar-refractivity contribution in [3.63, 3.8) is 0 Å². The van der Waals surface area contributed by atoms with Gasteiger partial charge in [0.2, 0.25) is 0 Å². The van der Waals surface area contributed by atoms with Crippen LogP contribution in [0.1, 0.15) is 21.5 Å². The minimum Gasteiger partial charge on any atom is -0.348 e. The number of nitrogens with zero attached hydrogens (tertiary/aromatic N) is 1. The number of halogens is 1. The van der Waals surface area contributed by atoms with Gasteiger partial charge in [-0.25, -0.2) is 0 Å². The minimum atomic E-state index is -0.587. The van der Waals surface area contributed by atoms with Crippen LogP contribution in [0.5, 0.6) is 0 Å². The standard InChI is InChI=1S/C15H13ClN2O3/c1-10-2-4-11(5-3-10)9-17-15(19)12-6-7-14(18(20)21)13(16)8-12/h2-8H,9H2,1H3,(H,17,19). The molecule has 21 heavy (non-hydrogen) atoms. The molecule has 5 nitrogen and oxygen atoms in total. The predicted molar refractivity (Wildman–Crippen MR) is 80.5 cm³/mol. The van der Waals surface area contributed by atoms with Gasteiger partial charge in [0.25, 0.3) is 11.6 Å². The van der Waals surface area contributed by atoms with Gasteiger partial charge in [0.1, 0.15) is 5.02 Å². The van der Waals surface area contributed by atoms with E-state index in [1.165, 1.54) is 18.2 Å².